The van der Waals surface area contributed by atoms with E-state index in [2.05, 4.69) is 64.5 Å². The molecule has 0 saturated carbocycles. The molecule has 0 radical (unpaired) electrons. The molecule has 2 aromatic carbocycles. The van der Waals surface area contributed by atoms with Gasteiger partial charge in [0, 0.05) is 20.5 Å². The SMILES string of the molecule is BrC[C@H]1CC2(CO1)c1ccccc1Sc1ccccc12. The molecule has 1 fully saturated rings. The van der Waals surface area contributed by atoms with Gasteiger partial charge >= 0.3 is 0 Å². The Balaban J connectivity index is 1.93. The third kappa shape index (κ3) is 1.80. The molecule has 20 heavy (non-hydrogen) atoms. The summed E-state index contributed by atoms with van der Waals surface area (Å²) in [5.74, 6) is 0. The first kappa shape index (κ1) is 12.9. The van der Waals surface area contributed by atoms with Crippen molar-refractivity contribution in [2.24, 2.45) is 0 Å². The second kappa shape index (κ2) is 4.90. The molecule has 0 aliphatic carbocycles. The van der Waals surface area contributed by atoms with Gasteiger partial charge in [0.25, 0.3) is 0 Å². The van der Waals surface area contributed by atoms with Crippen molar-refractivity contribution in [3.05, 3.63) is 59.7 Å². The second-order valence-electron chi connectivity index (χ2n) is 5.47. The van der Waals surface area contributed by atoms with E-state index in [9.17, 15) is 0 Å². The van der Waals surface area contributed by atoms with E-state index in [1.165, 1.54) is 20.9 Å². The van der Waals surface area contributed by atoms with Crippen LogP contribution in [0.15, 0.2) is 58.3 Å². The normalized spacial score (nSPS) is 22.6. The summed E-state index contributed by atoms with van der Waals surface area (Å²) in [7, 11) is 0. The fourth-order valence-electron chi connectivity index (χ4n) is 3.41. The number of fused-ring (bicyclic) bond motifs is 4. The van der Waals surface area contributed by atoms with E-state index in [1.807, 2.05) is 11.8 Å². The van der Waals surface area contributed by atoms with Crippen LogP contribution in [0.3, 0.4) is 0 Å². The minimum atomic E-state index is 0.0386. The van der Waals surface area contributed by atoms with Crippen LogP contribution in [0.4, 0.5) is 0 Å². The van der Waals surface area contributed by atoms with Crippen LogP contribution in [0, 0.1) is 0 Å². The molecule has 0 amide bonds. The molecule has 2 heterocycles. The van der Waals surface area contributed by atoms with Gasteiger partial charge in [-0.2, -0.15) is 0 Å². The highest BCUT2D eigenvalue weighted by Crippen LogP contribution is 2.53. The molecule has 0 aromatic heterocycles. The summed E-state index contributed by atoms with van der Waals surface area (Å²) in [5, 5.41) is 0.909. The van der Waals surface area contributed by atoms with E-state index >= 15 is 0 Å². The third-order valence-corrected chi connectivity index (χ3v) is 6.21. The van der Waals surface area contributed by atoms with Crippen LogP contribution in [-0.4, -0.2) is 18.0 Å². The first-order valence-corrected chi connectivity index (χ1v) is 8.82. The van der Waals surface area contributed by atoms with Crippen molar-refractivity contribution in [1.29, 1.82) is 0 Å². The fraction of sp³-hybridized carbons (Fsp3) is 0.294. The second-order valence-corrected chi connectivity index (χ2v) is 7.20. The zero-order chi connectivity index (χ0) is 13.6. The van der Waals surface area contributed by atoms with Crippen molar-refractivity contribution in [2.75, 3.05) is 11.9 Å². The number of benzene rings is 2. The Morgan fingerprint density at radius 2 is 1.65 bits per heavy atom. The molecule has 2 aliphatic rings. The molecular formula is C17H15BrOS. The number of hydrogen-bond donors (Lipinski definition) is 0. The number of hydrogen-bond acceptors (Lipinski definition) is 2. The van der Waals surface area contributed by atoms with Gasteiger partial charge in [0.2, 0.25) is 0 Å². The zero-order valence-electron chi connectivity index (χ0n) is 11.0. The third-order valence-electron chi connectivity index (χ3n) is 4.34. The van der Waals surface area contributed by atoms with Gasteiger partial charge in [-0.15, -0.1) is 0 Å². The van der Waals surface area contributed by atoms with Crippen molar-refractivity contribution in [3.8, 4) is 0 Å². The molecule has 1 spiro atoms. The van der Waals surface area contributed by atoms with Gasteiger partial charge in [0.05, 0.1) is 12.7 Å². The largest absolute Gasteiger partial charge is 0.376 e. The van der Waals surface area contributed by atoms with E-state index in [4.69, 9.17) is 4.74 Å². The highest BCUT2D eigenvalue weighted by atomic mass is 79.9. The van der Waals surface area contributed by atoms with E-state index in [0.29, 0.717) is 6.10 Å². The summed E-state index contributed by atoms with van der Waals surface area (Å²) in [6.45, 7) is 0.790. The number of ether oxygens (including phenoxy) is 1. The van der Waals surface area contributed by atoms with Gasteiger partial charge in [-0.25, -0.2) is 0 Å². The van der Waals surface area contributed by atoms with E-state index < -0.39 is 0 Å². The van der Waals surface area contributed by atoms with Crippen LogP contribution in [0.1, 0.15) is 17.5 Å². The van der Waals surface area contributed by atoms with Crippen LogP contribution in [0.2, 0.25) is 0 Å². The Labute approximate surface area is 131 Å². The smallest absolute Gasteiger partial charge is 0.0685 e. The monoisotopic (exact) mass is 346 g/mol. The van der Waals surface area contributed by atoms with Gasteiger partial charge < -0.3 is 4.74 Å². The standard InChI is InChI=1S/C17H15BrOS/c18-10-12-9-17(11-19-12)13-5-1-3-7-15(13)20-16-8-4-2-6-14(16)17/h1-8,12H,9-11H2/t12-/m1/s1. The first-order valence-electron chi connectivity index (χ1n) is 6.88. The van der Waals surface area contributed by atoms with Gasteiger partial charge in [-0.3, -0.25) is 0 Å². The van der Waals surface area contributed by atoms with Crippen LogP contribution in [-0.2, 0) is 10.2 Å². The topological polar surface area (TPSA) is 9.23 Å². The maximum atomic E-state index is 6.05. The summed E-state index contributed by atoms with van der Waals surface area (Å²) in [4.78, 5) is 2.76. The molecule has 0 bridgehead atoms. The molecule has 102 valence electrons. The summed E-state index contributed by atoms with van der Waals surface area (Å²) < 4.78 is 6.05. The highest BCUT2D eigenvalue weighted by molar-refractivity contribution is 9.09. The van der Waals surface area contributed by atoms with Gasteiger partial charge in [0.15, 0.2) is 0 Å². The molecule has 1 atom stereocenters. The summed E-state index contributed by atoms with van der Waals surface area (Å²) >= 11 is 5.46. The lowest BCUT2D eigenvalue weighted by molar-refractivity contribution is 0.123. The number of rotatable bonds is 1. The number of halogens is 1. The molecule has 1 saturated heterocycles. The van der Waals surface area contributed by atoms with E-state index in [0.717, 1.165) is 18.4 Å². The lowest BCUT2D eigenvalue weighted by Gasteiger charge is -2.36. The molecule has 2 aromatic rings. The fourth-order valence-corrected chi connectivity index (χ4v) is 5.10. The van der Waals surface area contributed by atoms with Crippen LogP contribution < -0.4 is 0 Å². The lowest BCUT2D eigenvalue weighted by atomic mass is 9.72. The minimum Gasteiger partial charge on any atom is -0.376 e. The van der Waals surface area contributed by atoms with Crippen molar-refractivity contribution >= 4 is 27.7 Å². The van der Waals surface area contributed by atoms with Gasteiger partial charge in [-0.1, -0.05) is 64.1 Å². The van der Waals surface area contributed by atoms with Crippen LogP contribution in [0.5, 0.6) is 0 Å². The average molecular weight is 347 g/mol. The summed E-state index contributed by atoms with van der Waals surface area (Å²) in [6.07, 6.45) is 1.37. The molecule has 0 N–H and O–H groups in total. The summed E-state index contributed by atoms with van der Waals surface area (Å²) in [6, 6.07) is 17.6. The molecule has 0 unspecified atom stereocenters. The Morgan fingerprint density at radius 1 is 1.05 bits per heavy atom. The van der Waals surface area contributed by atoms with Crippen LogP contribution >= 0.6 is 27.7 Å². The first-order chi connectivity index (χ1) is 9.83. The highest BCUT2D eigenvalue weighted by Gasteiger charge is 2.47. The molecule has 3 heteroatoms. The summed E-state index contributed by atoms with van der Waals surface area (Å²) in [5.41, 5.74) is 2.91. The van der Waals surface area contributed by atoms with E-state index in [1.54, 1.807) is 0 Å². The quantitative estimate of drug-likeness (QED) is 0.696. The average Bonchev–Trinajstić information content (AvgIpc) is 2.93. The van der Waals surface area contributed by atoms with Crippen molar-refractivity contribution in [2.45, 2.75) is 27.7 Å². The van der Waals surface area contributed by atoms with E-state index in [-0.39, 0.29) is 5.41 Å². The zero-order valence-corrected chi connectivity index (χ0v) is 13.4. The maximum absolute atomic E-state index is 6.05. The lowest BCUT2D eigenvalue weighted by Crippen LogP contribution is -2.32. The Morgan fingerprint density at radius 3 is 2.20 bits per heavy atom. The molecule has 4 rings (SSSR count). The van der Waals surface area contributed by atoms with Crippen molar-refractivity contribution < 1.29 is 4.74 Å². The Bertz CT molecular complexity index is 609. The molecular weight excluding hydrogens is 332 g/mol. The van der Waals surface area contributed by atoms with Gasteiger partial charge in [-0.05, 0) is 29.7 Å². The minimum absolute atomic E-state index is 0.0386. The Kier molecular flexibility index (Phi) is 3.17. The van der Waals surface area contributed by atoms with Crippen LogP contribution in [0.25, 0.3) is 0 Å². The maximum Gasteiger partial charge on any atom is 0.0685 e. The number of alkyl halides is 1. The predicted molar refractivity (Wildman–Crippen MR) is 85.9 cm³/mol. The van der Waals surface area contributed by atoms with Crippen molar-refractivity contribution in [3.63, 3.8) is 0 Å². The van der Waals surface area contributed by atoms with Crippen molar-refractivity contribution in [1.82, 2.24) is 0 Å². The molecule has 1 nitrogen and oxygen atoms in total. The molecule has 2 aliphatic heterocycles. The Hall–Kier alpha value is -0.770. The van der Waals surface area contributed by atoms with Gasteiger partial charge in [0.1, 0.15) is 0 Å². The predicted octanol–water partition coefficient (Wildman–Crippen LogP) is 4.62.